The molecule has 5 heteroatoms. The van der Waals surface area contributed by atoms with E-state index in [2.05, 4.69) is 30.7 Å². The number of hydrogen-bond acceptors (Lipinski definition) is 5. The molecule has 0 aliphatic rings. The van der Waals surface area contributed by atoms with Crippen molar-refractivity contribution in [2.75, 3.05) is 11.5 Å². The number of unbranched alkanes of at least 4 members (excludes halogenated alkanes) is 3. The van der Waals surface area contributed by atoms with Gasteiger partial charge in [0.2, 0.25) is 0 Å². The molecule has 2 aromatic heterocycles. The van der Waals surface area contributed by atoms with Crippen LogP contribution >= 0.6 is 23.1 Å². The third-order valence-electron chi connectivity index (χ3n) is 3.27. The van der Waals surface area contributed by atoms with Crippen LogP contribution in [0.5, 0.6) is 0 Å². The van der Waals surface area contributed by atoms with Gasteiger partial charge in [-0.1, -0.05) is 37.9 Å². The van der Waals surface area contributed by atoms with Crippen molar-refractivity contribution in [2.24, 2.45) is 0 Å². The summed E-state index contributed by atoms with van der Waals surface area (Å²) in [6.45, 7) is 6.43. The Bertz CT molecular complexity index is 563. The number of aromatic nitrogens is 2. The van der Waals surface area contributed by atoms with Crippen LogP contribution in [0.3, 0.4) is 0 Å². The Hall–Kier alpha value is -0.810. The molecule has 0 aliphatic heterocycles. The van der Waals surface area contributed by atoms with Crippen molar-refractivity contribution in [3.63, 3.8) is 0 Å². The minimum absolute atomic E-state index is 0.628. The number of thiophene rings is 1. The lowest BCUT2D eigenvalue weighted by molar-refractivity contribution is 0.706. The number of aryl methyl sites for hydroxylation is 2. The summed E-state index contributed by atoms with van der Waals surface area (Å²) in [5.74, 6) is 1.71. The zero-order chi connectivity index (χ0) is 13.8. The number of thioether (sulfide) groups is 1. The molecule has 0 bridgehead atoms. The normalized spacial score (nSPS) is 11.3. The summed E-state index contributed by atoms with van der Waals surface area (Å²) in [6, 6.07) is 0. The molecule has 0 radical (unpaired) electrons. The Morgan fingerprint density at radius 1 is 1.16 bits per heavy atom. The first-order chi connectivity index (χ1) is 9.13. The van der Waals surface area contributed by atoms with Crippen LogP contribution in [0, 0.1) is 13.8 Å². The molecule has 0 amide bonds. The summed E-state index contributed by atoms with van der Waals surface area (Å²) in [4.78, 5) is 11.4. The van der Waals surface area contributed by atoms with Crippen LogP contribution in [-0.2, 0) is 0 Å². The van der Waals surface area contributed by atoms with Crippen molar-refractivity contribution in [2.45, 2.75) is 51.6 Å². The highest BCUT2D eigenvalue weighted by Crippen LogP contribution is 2.33. The van der Waals surface area contributed by atoms with Crippen LogP contribution < -0.4 is 5.73 Å². The van der Waals surface area contributed by atoms with E-state index in [0.717, 1.165) is 21.1 Å². The molecule has 2 N–H and O–H groups in total. The van der Waals surface area contributed by atoms with Crippen LogP contribution in [0.1, 0.15) is 43.0 Å². The summed E-state index contributed by atoms with van der Waals surface area (Å²) >= 11 is 3.43. The van der Waals surface area contributed by atoms with E-state index in [-0.39, 0.29) is 0 Å². The number of fused-ring (bicyclic) bond motifs is 1. The second-order valence-corrected chi connectivity index (χ2v) is 7.03. The Labute approximate surface area is 123 Å². The minimum atomic E-state index is 0.628. The molecule has 2 aromatic rings. The molecule has 0 fully saturated rings. The first kappa shape index (κ1) is 14.6. The third kappa shape index (κ3) is 3.39. The topological polar surface area (TPSA) is 51.8 Å². The molecule has 104 valence electrons. The molecule has 0 saturated carbocycles. The first-order valence-corrected chi connectivity index (χ1v) is 8.59. The molecule has 0 atom stereocenters. The van der Waals surface area contributed by atoms with Crippen LogP contribution in [0.25, 0.3) is 10.2 Å². The van der Waals surface area contributed by atoms with Crippen LogP contribution in [0.15, 0.2) is 5.16 Å². The second-order valence-electron chi connectivity index (χ2n) is 4.76. The molecule has 3 nitrogen and oxygen atoms in total. The van der Waals surface area contributed by atoms with Crippen LogP contribution in [-0.4, -0.2) is 15.7 Å². The molecule has 0 aromatic carbocycles. The van der Waals surface area contributed by atoms with E-state index in [9.17, 15) is 0 Å². The van der Waals surface area contributed by atoms with Gasteiger partial charge < -0.3 is 5.73 Å². The Balaban J connectivity index is 2.08. The molecule has 19 heavy (non-hydrogen) atoms. The zero-order valence-corrected chi connectivity index (χ0v) is 13.5. The van der Waals surface area contributed by atoms with Gasteiger partial charge in [0.1, 0.15) is 10.6 Å². The second kappa shape index (κ2) is 6.57. The van der Waals surface area contributed by atoms with E-state index in [1.165, 1.54) is 36.1 Å². The highest BCUT2D eigenvalue weighted by molar-refractivity contribution is 7.99. The summed E-state index contributed by atoms with van der Waals surface area (Å²) in [6.07, 6.45) is 5.10. The standard InChI is InChI=1S/C14H21N3S2/c1-4-5-6-7-8-18-14-16-12(15)11-9(2)10(3)19-13(11)17-14/h4-8H2,1-3H3,(H2,15,16,17). The lowest BCUT2D eigenvalue weighted by Gasteiger charge is -2.03. The lowest BCUT2D eigenvalue weighted by Crippen LogP contribution is -1.96. The molecule has 0 spiro atoms. The SMILES string of the molecule is CCCCCCSc1nc(N)c2c(C)c(C)sc2n1. The number of hydrogen-bond donors (Lipinski definition) is 1. The molecule has 0 unspecified atom stereocenters. The Kier molecular flexibility index (Phi) is 5.05. The minimum Gasteiger partial charge on any atom is -0.383 e. The summed E-state index contributed by atoms with van der Waals surface area (Å²) in [5.41, 5.74) is 7.28. The third-order valence-corrected chi connectivity index (χ3v) is 5.30. The van der Waals surface area contributed by atoms with Gasteiger partial charge in [-0.2, -0.15) is 0 Å². The molecular weight excluding hydrogens is 274 g/mol. The number of anilines is 1. The van der Waals surface area contributed by atoms with E-state index in [1.54, 1.807) is 23.1 Å². The van der Waals surface area contributed by atoms with Gasteiger partial charge in [-0.3, -0.25) is 0 Å². The zero-order valence-electron chi connectivity index (χ0n) is 11.8. The van der Waals surface area contributed by atoms with Gasteiger partial charge >= 0.3 is 0 Å². The maximum absolute atomic E-state index is 6.07. The fourth-order valence-corrected chi connectivity index (χ4v) is 3.96. The number of nitrogens with two attached hydrogens (primary N) is 1. The fourth-order valence-electron chi connectivity index (χ4n) is 2.02. The number of rotatable bonds is 6. The van der Waals surface area contributed by atoms with Crippen molar-refractivity contribution >= 4 is 39.1 Å². The Morgan fingerprint density at radius 3 is 2.68 bits per heavy atom. The summed E-state index contributed by atoms with van der Waals surface area (Å²) in [5, 5.41) is 1.86. The van der Waals surface area contributed by atoms with Gasteiger partial charge in [0, 0.05) is 10.6 Å². The predicted molar refractivity (Wildman–Crippen MR) is 86.2 cm³/mol. The predicted octanol–water partition coefficient (Wildman–Crippen LogP) is 4.56. The monoisotopic (exact) mass is 295 g/mol. The quantitative estimate of drug-likeness (QED) is 0.482. The highest BCUT2D eigenvalue weighted by atomic mass is 32.2. The maximum atomic E-state index is 6.07. The smallest absolute Gasteiger partial charge is 0.190 e. The van der Waals surface area contributed by atoms with E-state index in [1.807, 2.05) is 0 Å². The Morgan fingerprint density at radius 2 is 1.95 bits per heavy atom. The largest absolute Gasteiger partial charge is 0.383 e. The fraction of sp³-hybridized carbons (Fsp3) is 0.571. The van der Waals surface area contributed by atoms with Gasteiger partial charge in [0.15, 0.2) is 5.16 Å². The van der Waals surface area contributed by atoms with E-state index >= 15 is 0 Å². The van der Waals surface area contributed by atoms with Gasteiger partial charge in [0.05, 0.1) is 5.39 Å². The van der Waals surface area contributed by atoms with Gasteiger partial charge in [-0.25, -0.2) is 9.97 Å². The molecular formula is C14H21N3S2. The summed E-state index contributed by atoms with van der Waals surface area (Å²) in [7, 11) is 0. The molecule has 2 rings (SSSR count). The van der Waals surface area contributed by atoms with Gasteiger partial charge in [-0.15, -0.1) is 11.3 Å². The van der Waals surface area contributed by atoms with Crippen molar-refractivity contribution in [3.8, 4) is 0 Å². The number of nitrogen functional groups attached to an aromatic ring is 1. The molecule has 0 saturated heterocycles. The van der Waals surface area contributed by atoms with E-state index < -0.39 is 0 Å². The van der Waals surface area contributed by atoms with Crippen molar-refractivity contribution in [1.29, 1.82) is 0 Å². The average Bonchev–Trinajstić information content (AvgIpc) is 2.65. The highest BCUT2D eigenvalue weighted by Gasteiger charge is 2.12. The lowest BCUT2D eigenvalue weighted by atomic mass is 10.2. The van der Waals surface area contributed by atoms with Gasteiger partial charge in [0.25, 0.3) is 0 Å². The molecule has 2 heterocycles. The summed E-state index contributed by atoms with van der Waals surface area (Å²) < 4.78 is 0. The van der Waals surface area contributed by atoms with Crippen LogP contribution in [0.2, 0.25) is 0 Å². The maximum Gasteiger partial charge on any atom is 0.190 e. The number of nitrogens with zero attached hydrogens (tertiary/aromatic N) is 2. The van der Waals surface area contributed by atoms with Crippen molar-refractivity contribution in [1.82, 2.24) is 9.97 Å². The first-order valence-electron chi connectivity index (χ1n) is 6.79. The van der Waals surface area contributed by atoms with Crippen molar-refractivity contribution in [3.05, 3.63) is 10.4 Å². The van der Waals surface area contributed by atoms with Gasteiger partial charge in [-0.05, 0) is 25.8 Å². The van der Waals surface area contributed by atoms with Crippen molar-refractivity contribution < 1.29 is 0 Å². The molecule has 0 aliphatic carbocycles. The van der Waals surface area contributed by atoms with Crippen LogP contribution in [0.4, 0.5) is 5.82 Å². The van der Waals surface area contributed by atoms with E-state index in [0.29, 0.717) is 5.82 Å². The van der Waals surface area contributed by atoms with E-state index in [4.69, 9.17) is 5.73 Å². The average molecular weight is 295 g/mol.